The molecule has 0 aromatic heterocycles. The second-order valence-corrected chi connectivity index (χ2v) is 5.65. The molecule has 0 amide bonds. The average Bonchev–Trinajstić information content (AvgIpc) is 2.59. The molecule has 0 fully saturated rings. The zero-order valence-corrected chi connectivity index (χ0v) is 14.3. The van der Waals surface area contributed by atoms with Gasteiger partial charge in [0.2, 0.25) is 0 Å². The molecule has 1 aromatic carbocycles. The molecule has 0 unspecified atom stereocenters. The lowest BCUT2D eigenvalue weighted by Gasteiger charge is -2.05. The molecule has 132 valence electrons. The van der Waals surface area contributed by atoms with Crippen molar-refractivity contribution in [2.75, 3.05) is 6.61 Å². The summed E-state index contributed by atoms with van der Waals surface area (Å²) >= 11 is 0. The normalized spacial score (nSPS) is 10.2. The van der Waals surface area contributed by atoms with E-state index in [1.165, 1.54) is 0 Å². The maximum atomic E-state index is 11.7. The number of benzene rings is 1. The van der Waals surface area contributed by atoms with Gasteiger partial charge in [-0.25, -0.2) is 0 Å². The number of ether oxygens (including phenoxy) is 2. The van der Waals surface area contributed by atoms with E-state index in [-0.39, 0.29) is 11.9 Å². The molecule has 1 aromatic rings. The number of carbonyl (C=O) groups excluding carboxylic acids is 3. The van der Waals surface area contributed by atoms with Crippen LogP contribution in [0.3, 0.4) is 0 Å². The van der Waals surface area contributed by atoms with Crippen LogP contribution in [0.2, 0.25) is 0 Å². The van der Waals surface area contributed by atoms with Crippen molar-refractivity contribution in [1.82, 2.24) is 0 Å². The van der Waals surface area contributed by atoms with Gasteiger partial charge in [0.05, 0.1) is 6.61 Å². The molecule has 0 heterocycles. The van der Waals surface area contributed by atoms with Crippen LogP contribution >= 0.6 is 0 Å². The number of carbonyl (C=O) groups is 3. The zero-order valence-electron chi connectivity index (χ0n) is 14.3. The fourth-order valence-corrected chi connectivity index (χ4v) is 2.12. The Bertz CT molecular complexity index is 507. The molecular formula is C19H26O5. The van der Waals surface area contributed by atoms with Crippen molar-refractivity contribution in [1.29, 1.82) is 0 Å². The summed E-state index contributed by atoms with van der Waals surface area (Å²) in [5.41, 5.74) is 0.538. The first-order valence-electron chi connectivity index (χ1n) is 8.57. The van der Waals surface area contributed by atoms with Gasteiger partial charge in [0, 0.05) is 18.4 Å². The van der Waals surface area contributed by atoms with E-state index in [9.17, 15) is 14.4 Å². The maximum Gasteiger partial charge on any atom is 0.311 e. The van der Waals surface area contributed by atoms with Crippen molar-refractivity contribution in [2.45, 2.75) is 58.3 Å². The quantitative estimate of drug-likeness (QED) is 0.249. The highest BCUT2D eigenvalue weighted by Gasteiger charge is 2.06. The first-order valence-corrected chi connectivity index (χ1v) is 8.57. The summed E-state index contributed by atoms with van der Waals surface area (Å²) in [5.74, 6) is -0.0406. The van der Waals surface area contributed by atoms with Crippen molar-refractivity contribution >= 4 is 18.2 Å². The van der Waals surface area contributed by atoms with Crippen molar-refractivity contribution in [3.8, 4) is 5.75 Å². The second-order valence-electron chi connectivity index (χ2n) is 5.65. The van der Waals surface area contributed by atoms with Crippen molar-refractivity contribution < 1.29 is 23.9 Å². The van der Waals surface area contributed by atoms with Crippen LogP contribution in [0.5, 0.6) is 5.75 Å². The van der Waals surface area contributed by atoms with Gasteiger partial charge in [0.25, 0.3) is 0 Å². The third-order valence-electron chi connectivity index (χ3n) is 3.52. The Morgan fingerprint density at radius 3 is 2.21 bits per heavy atom. The van der Waals surface area contributed by atoms with Gasteiger partial charge in [-0.3, -0.25) is 14.4 Å². The van der Waals surface area contributed by atoms with Gasteiger partial charge in [-0.2, -0.15) is 0 Å². The number of aldehydes is 1. The number of unbranched alkanes of at least 4 members (excludes halogenated alkanes) is 4. The highest BCUT2D eigenvalue weighted by Crippen LogP contribution is 2.13. The van der Waals surface area contributed by atoms with E-state index in [0.29, 0.717) is 43.6 Å². The minimum absolute atomic E-state index is 0.163. The summed E-state index contributed by atoms with van der Waals surface area (Å²) in [5, 5.41) is 0. The highest BCUT2D eigenvalue weighted by atomic mass is 16.5. The highest BCUT2D eigenvalue weighted by molar-refractivity contribution is 5.76. The predicted octanol–water partition coefficient (Wildman–Crippen LogP) is 4.09. The summed E-state index contributed by atoms with van der Waals surface area (Å²) in [6, 6.07) is 6.38. The molecular weight excluding hydrogens is 308 g/mol. The molecule has 5 nitrogen and oxygen atoms in total. The molecule has 0 atom stereocenters. The van der Waals surface area contributed by atoms with Gasteiger partial charge in [-0.15, -0.1) is 0 Å². The summed E-state index contributed by atoms with van der Waals surface area (Å²) in [4.78, 5) is 33.7. The predicted molar refractivity (Wildman–Crippen MR) is 91.0 cm³/mol. The molecule has 0 bridgehead atoms. The van der Waals surface area contributed by atoms with E-state index in [0.717, 1.165) is 32.0 Å². The summed E-state index contributed by atoms with van der Waals surface area (Å²) in [6.07, 6.45) is 6.71. The summed E-state index contributed by atoms with van der Waals surface area (Å²) in [7, 11) is 0. The molecule has 0 aliphatic rings. The van der Waals surface area contributed by atoms with Crippen LogP contribution in [0.4, 0.5) is 0 Å². The topological polar surface area (TPSA) is 69.7 Å². The van der Waals surface area contributed by atoms with Gasteiger partial charge >= 0.3 is 11.9 Å². The Kier molecular flexibility index (Phi) is 10.2. The molecule has 0 aliphatic carbocycles. The standard InChI is InChI=1S/C19H26O5/c1-2-3-7-14-23-18(21)8-5-4-6-9-19(22)24-17-12-10-16(15-20)11-13-17/h10-13,15H,2-9,14H2,1H3. The van der Waals surface area contributed by atoms with Crippen LogP contribution in [0.15, 0.2) is 24.3 Å². The van der Waals surface area contributed by atoms with Gasteiger partial charge < -0.3 is 9.47 Å². The van der Waals surface area contributed by atoms with E-state index in [1.807, 2.05) is 0 Å². The van der Waals surface area contributed by atoms with E-state index >= 15 is 0 Å². The third kappa shape index (κ3) is 9.08. The minimum atomic E-state index is -0.309. The third-order valence-corrected chi connectivity index (χ3v) is 3.52. The fraction of sp³-hybridized carbons (Fsp3) is 0.526. The maximum absolute atomic E-state index is 11.7. The van der Waals surface area contributed by atoms with Crippen LogP contribution in [-0.2, 0) is 14.3 Å². The molecule has 0 saturated carbocycles. The van der Waals surface area contributed by atoms with Crippen molar-refractivity contribution in [3.63, 3.8) is 0 Å². The van der Waals surface area contributed by atoms with Crippen LogP contribution in [0, 0.1) is 0 Å². The molecule has 0 N–H and O–H groups in total. The Balaban J connectivity index is 2.06. The summed E-state index contributed by atoms with van der Waals surface area (Å²) < 4.78 is 10.3. The van der Waals surface area contributed by atoms with Crippen LogP contribution in [0.25, 0.3) is 0 Å². The van der Waals surface area contributed by atoms with Crippen molar-refractivity contribution in [2.24, 2.45) is 0 Å². The molecule has 24 heavy (non-hydrogen) atoms. The Morgan fingerprint density at radius 1 is 0.917 bits per heavy atom. The Labute approximate surface area is 143 Å². The van der Waals surface area contributed by atoms with Crippen LogP contribution in [0.1, 0.15) is 68.6 Å². The lowest BCUT2D eigenvalue weighted by molar-refractivity contribution is -0.143. The van der Waals surface area contributed by atoms with Gasteiger partial charge in [0.1, 0.15) is 12.0 Å². The lowest BCUT2D eigenvalue weighted by Crippen LogP contribution is -2.08. The Hall–Kier alpha value is -2.17. The van der Waals surface area contributed by atoms with Gasteiger partial charge in [0.15, 0.2) is 0 Å². The first-order chi connectivity index (χ1) is 11.7. The zero-order chi connectivity index (χ0) is 17.6. The molecule has 0 radical (unpaired) electrons. The molecule has 0 saturated heterocycles. The monoisotopic (exact) mass is 334 g/mol. The first kappa shape index (κ1) is 19.9. The number of hydrogen-bond donors (Lipinski definition) is 0. The fourth-order valence-electron chi connectivity index (χ4n) is 2.12. The van der Waals surface area contributed by atoms with Gasteiger partial charge in [-0.05, 0) is 43.5 Å². The van der Waals surface area contributed by atoms with Crippen molar-refractivity contribution in [3.05, 3.63) is 29.8 Å². The van der Waals surface area contributed by atoms with Crippen LogP contribution in [-0.4, -0.2) is 24.8 Å². The Morgan fingerprint density at radius 2 is 1.58 bits per heavy atom. The number of rotatable bonds is 12. The molecule has 0 aliphatic heterocycles. The second kappa shape index (κ2) is 12.3. The molecule has 5 heteroatoms. The largest absolute Gasteiger partial charge is 0.466 e. The smallest absolute Gasteiger partial charge is 0.311 e. The van der Waals surface area contributed by atoms with E-state index in [1.54, 1.807) is 24.3 Å². The lowest BCUT2D eigenvalue weighted by atomic mass is 10.1. The SMILES string of the molecule is CCCCCOC(=O)CCCCCC(=O)Oc1ccc(C=O)cc1. The van der Waals surface area contributed by atoms with Gasteiger partial charge in [-0.1, -0.05) is 26.2 Å². The van der Waals surface area contributed by atoms with E-state index < -0.39 is 0 Å². The van der Waals surface area contributed by atoms with E-state index in [4.69, 9.17) is 9.47 Å². The number of esters is 2. The minimum Gasteiger partial charge on any atom is -0.466 e. The van der Waals surface area contributed by atoms with Crippen LogP contribution < -0.4 is 4.74 Å². The average molecular weight is 334 g/mol. The summed E-state index contributed by atoms with van der Waals surface area (Å²) in [6.45, 7) is 2.61. The number of hydrogen-bond acceptors (Lipinski definition) is 5. The molecule has 0 spiro atoms. The van der Waals surface area contributed by atoms with E-state index in [2.05, 4.69) is 6.92 Å². The molecule has 1 rings (SSSR count).